The van der Waals surface area contributed by atoms with Crippen LogP contribution in [0.5, 0.6) is 0 Å². The Morgan fingerprint density at radius 3 is 2.75 bits per heavy atom. The predicted molar refractivity (Wildman–Crippen MR) is 89.6 cm³/mol. The molecule has 1 N–H and O–H groups in total. The number of carbonyl (C=O) groups excluding carboxylic acids is 1. The molecule has 2 heterocycles. The lowest BCUT2D eigenvalue weighted by Crippen LogP contribution is -2.56. The maximum Gasteiger partial charge on any atom is 0.410 e. The standard InChI is InChI=1S/C17H26FN3O3/c1-12-9-14(18)15(19-10-12)21-7-6-20(11-13(21)5-8-22)16(23)24-17(2,3)4/h9-10,13,22H,5-8,11H2,1-4H3. The number of amides is 1. The summed E-state index contributed by atoms with van der Waals surface area (Å²) in [5, 5.41) is 9.33. The van der Waals surface area contributed by atoms with E-state index in [1.165, 1.54) is 6.07 Å². The van der Waals surface area contributed by atoms with Gasteiger partial charge in [-0.1, -0.05) is 0 Å². The van der Waals surface area contributed by atoms with Crippen molar-refractivity contribution < 1.29 is 19.0 Å². The lowest BCUT2D eigenvalue weighted by molar-refractivity contribution is 0.0206. The van der Waals surface area contributed by atoms with E-state index in [9.17, 15) is 14.3 Å². The normalized spacial score (nSPS) is 18.7. The highest BCUT2D eigenvalue weighted by Crippen LogP contribution is 2.24. The predicted octanol–water partition coefficient (Wildman–Crippen LogP) is 2.34. The number of rotatable bonds is 3. The molecule has 6 nitrogen and oxygen atoms in total. The molecule has 1 atom stereocenters. The number of aryl methyl sites for hydroxylation is 1. The number of ether oxygens (including phenoxy) is 1. The van der Waals surface area contributed by atoms with Crippen LogP contribution in [0.2, 0.25) is 0 Å². The van der Waals surface area contributed by atoms with E-state index in [0.29, 0.717) is 26.1 Å². The largest absolute Gasteiger partial charge is 0.444 e. The van der Waals surface area contributed by atoms with Crippen molar-refractivity contribution in [1.82, 2.24) is 9.88 Å². The van der Waals surface area contributed by atoms with Gasteiger partial charge >= 0.3 is 6.09 Å². The third-order valence-corrected chi connectivity index (χ3v) is 3.83. The molecule has 2 rings (SSSR count). The SMILES string of the molecule is Cc1cnc(N2CCN(C(=O)OC(C)(C)C)CC2CCO)c(F)c1. The minimum atomic E-state index is -0.564. The molecular weight excluding hydrogens is 313 g/mol. The number of anilines is 1. The summed E-state index contributed by atoms with van der Waals surface area (Å²) in [5.74, 6) is -0.119. The highest BCUT2D eigenvalue weighted by molar-refractivity contribution is 5.68. The van der Waals surface area contributed by atoms with Crippen LogP contribution in [0.15, 0.2) is 12.3 Å². The molecule has 1 saturated heterocycles. The number of aliphatic hydroxyl groups excluding tert-OH is 1. The molecule has 1 aliphatic rings. The molecule has 24 heavy (non-hydrogen) atoms. The second-order valence-electron chi connectivity index (χ2n) is 7.10. The van der Waals surface area contributed by atoms with Crippen LogP contribution in [0.4, 0.5) is 15.0 Å². The molecule has 0 bridgehead atoms. The number of hydrogen-bond donors (Lipinski definition) is 1. The Kier molecular flexibility index (Phi) is 5.64. The van der Waals surface area contributed by atoms with Crippen LogP contribution >= 0.6 is 0 Å². The van der Waals surface area contributed by atoms with Crippen molar-refractivity contribution in [2.24, 2.45) is 0 Å². The van der Waals surface area contributed by atoms with Crippen LogP contribution in [0, 0.1) is 12.7 Å². The van der Waals surface area contributed by atoms with E-state index in [4.69, 9.17) is 4.74 Å². The minimum absolute atomic E-state index is 0.0448. The lowest BCUT2D eigenvalue weighted by Gasteiger charge is -2.42. The van der Waals surface area contributed by atoms with Crippen molar-refractivity contribution in [3.8, 4) is 0 Å². The summed E-state index contributed by atoms with van der Waals surface area (Å²) in [6.45, 7) is 8.42. The molecule has 0 saturated carbocycles. The van der Waals surface area contributed by atoms with Gasteiger partial charge in [0.15, 0.2) is 11.6 Å². The molecule has 1 amide bonds. The molecular formula is C17H26FN3O3. The van der Waals surface area contributed by atoms with Gasteiger partial charge in [0.1, 0.15) is 5.60 Å². The van der Waals surface area contributed by atoms with Crippen molar-refractivity contribution in [1.29, 1.82) is 0 Å². The zero-order chi connectivity index (χ0) is 17.9. The molecule has 0 aliphatic carbocycles. The Morgan fingerprint density at radius 1 is 1.46 bits per heavy atom. The van der Waals surface area contributed by atoms with Gasteiger partial charge in [-0.15, -0.1) is 0 Å². The first-order valence-corrected chi connectivity index (χ1v) is 8.19. The number of piperazine rings is 1. The van der Waals surface area contributed by atoms with Crippen molar-refractivity contribution in [2.75, 3.05) is 31.1 Å². The second-order valence-corrected chi connectivity index (χ2v) is 7.10. The summed E-state index contributed by atoms with van der Waals surface area (Å²) in [4.78, 5) is 19.9. The highest BCUT2D eigenvalue weighted by Gasteiger charge is 2.33. The van der Waals surface area contributed by atoms with Crippen LogP contribution in [0.1, 0.15) is 32.8 Å². The first-order chi connectivity index (χ1) is 11.2. The van der Waals surface area contributed by atoms with Crippen molar-refractivity contribution in [3.63, 3.8) is 0 Å². The molecule has 1 aromatic rings. The number of carbonyl (C=O) groups is 1. The summed E-state index contributed by atoms with van der Waals surface area (Å²) in [6, 6.07) is 1.24. The quantitative estimate of drug-likeness (QED) is 0.916. The molecule has 1 unspecified atom stereocenters. The summed E-state index contributed by atoms with van der Waals surface area (Å²) in [7, 11) is 0. The van der Waals surface area contributed by atoms with Gasteiger partial charge in [0.2, 0.25) is 0 Å². The minimum Gasteiger partial charge on any atom is -0.444 e. The molecule has 0 spiro atoms. The van der Waals surface area contributed by atoms with Gasteiger partial charge in [-0.25, -0.2) is 14.2 Å². The Morgan fingerprint density at radius 2 is 2.17 bits per heavy atom. The number of aromatic nitrogens is 1. The van der Waals surface area contributed by atoms with Crippen LogP contribution in [-0.2, 0) is 4.74 Å². The van der Waals surface area contributed by atoms with Gasteiger partial charge in [-0.2, -0.15) is 0 Å². The van der Waals surface area contributed by atoms with Gasteiger partial charge in [-0.3, -0.25) is 0 Å². The van der Waals surface area contributed by atoms with Crippen LogP contribution in [0.25, 0.3) is 0 Å². The molecule has 1 aliphatic heterocycles. The number of hydrogen-bond acceptors (Lipinski definition) is 5. The zero-order valence-corrected chi connectivity index (χ0v) is 14.8. The fourth-order valence-corrected chi connectivity index (χ4v) is 2.76. The highest BCUT2D eigenvalue weighted by atomic mass is 19.1. The number of halogens is 1. The van der Waals surface area contributed by atoms with E-state index < -0.39 is 5.60 Å². The smallest absolute Gasteiger partial charge is 0.410 e. The Balaban J connectivity index is 2.14. The lowest BCUT2D eigenvalue weighted by atomic mass is 10.1. The van der Waals surface area contributed by atoms with Gasteiger partial charge in [0.05, 0.1) is 6.04 Å². The van der Waals surface area contributed by atoms with E-state index in [0.717, 1.165) is 5.56 Å². The fourth-order valence-electron chi connectivity index (χ4n) is 2.76. The van der Waals surface area contributed by atoms with E-state index in [1.54, 1.807) is 18.0 Å². The molecule has 0 radical (unpaired) electrons. The summed E-state index contributed by atoms with van der Waals surface area (Å²) in [5.41, 5.74) is 0.188. The van der Waals surface area contributed by atoms with Gasteiger partial charge < -0.3 is 19.6 Å². The number of nitrogens with zero attached hydrogens (tertiary/aromatic N) is 3. The summed E-state index contributed by atoms with van der Waals surface area (Å²) in [6.07, 6.45) is 1.66. The number of pyridine rings is 1. The second kappa shape index (κ2) is 7.34. The first kappa shape index (κ1) is 18.4. The number of aliphatic hydroxyl groups is 1. The average Bonchev–Trinajstić information content (AvgIpc) is 2.46. The van der Waals surface area contributed by atoms with E-state index in [2.05, 4.69) is 4.98 Å². The van der Waals surface area contributed by atoms with Crippen LogP contribution in [0.3, 0.4) is 0 Å². The van der Waals surface area contributed by atoms with Crippen LogP contribution in [-0.4, -0.2) is 59.0 Å². The summed E-state index contributed by atoms with van der Waals surface area (Å²) >= 11 is 0. The molecule has 1 fully saturated rings. The van der Waals surface area contributed by atoms with Crippen molar-refractivity contribution >= 4 is 11.9 Å². The topological polar surface area (TPSA) is 65.9 Å². The maximum absolute atomic E-state index is 14.3. The first-order valence-electron chi connectivity index (χ1n) is 8.19. The zero-order valence-electron chi connectivity index (χ0n) is 14.8. The van der Waals surface area contributed by atoms with Gasteiger partial charge in [0, 0.05) is 32.4 Å². The van der Waals surface area contributed by atoms with Crippen LogP contribution < -0.4 is 4.90 Å². The van der Waals surface area contributed by atoms with Crippen molar-refractivity contribution in [2.45, 2.75) is 45.8 Å². The molecule has 7 heteroatoms. The molecule has 134 valence electrons. The fraction of sp³-hybridized carbons (Fsp3) is 0.647. The molecule has 1 aromatic heterocycles. The monoisotopic (exact) mass is 339 g/mol. The Hall–Kier alpha value is -1.89. The maximum atomic E-state index is 14.3. The molecule has 0 aromatic carbocycles. The Bertz CT molecular complexity index is 589. The van der Waals surface area contributed by atoms with Gasteiger partial charge in [0.25, 0.3) is 0 Å². The van der Waals surface area contributed by atoms with E-state index >= 15 is 0 Å². The van der Waals surface area contributed by atoms with Gasteiger partial charge in [-0.05, 0) is 45.7 Å². The summed E-state index contributed by atoms with van der Waals surface area (Å²) < 4.78 is 19.7. The van der Waals surface area contributed by atoms with E-state index in [-0.39, 0.29) is 30.4 Å². The van der Waals surface area contributed by atoms with E-state index in [1.807, 2.05) is 25.7 Å². The third kappa shape index (κ3) is 4.56. The van der Waals surface area contributed by atoms with Crippen molar-refractivity contribution in [3.05, 3.63) is 23.6 Å². The third-order valence-electron chi connectivity index (χ3n) is 3.83. The average molecular weight is 339 g/mol. The Labute approximate surface area is 142 Å².